The maximum Gasteiger partial charge on any atom is 0.267 e. The molecule has 0 aromatic heterocycles. The number of amides is 1. The van der Waals surface area contributed by atoms with E-state index in [2.05, 4.69) is 61.2 Å². The third-order valence-corrected chi connectivity index (χ3v) is 7.45. The smallest absolute Gasteiger partial charge is 0.267 e. The Morgan fingerprint density at radius 2 is 1.68 bits per heavy atom. The number of anilines is 1. The predicted molar refractivity (Wildman–Crippen MR) is 137 cm³/mol. The van der Waals surface area contributed by atoms with Crippen LogP contribution in [0.1, 0.15) is 42.0 Å². The Labute approximate surface area is 203 Å². The molecule has 1 saturated heterocycles. The molecule has 34 heavy (non-hydrogen) atoms. The number of likely N-dealkylation sites (tertiary alicyclic amines) is 1. The summed E-state index contributed by atoms with van der Waals surface area (Å²) in [4.78, 5) is 18.1. The molecule has 4 nitrogen and oxygen atoms in total. The van der Waals surface area contributed by atoms with Gasteiger partial charge in [0.1, 0.15) is 5.75 Å². The number of fused-ring (bicyclic) bond motifs is 2. The van der Waals surface area contributed by atoms with Crippen molar-refractivity contribution in [1.82, 2.24) is 4.90 Å². The van der Waals surface area contributed by atoms with Crippen LogP contribution in [0, 0.1) is 13.8 Å². The Hall–Kier alpha value is -3.11. The standard InChI is InChI=1S/C30H34N2O2/c1-22-8-7-9-25(18-22)20-31-16-14-30(15-17-31)21-32(28-13-12-23(2)19-27(28)30)29(33)24(3)34-26-10-5-4-6-11-26/h4-13,18-19,24H,14-17,20-21H2,1-3H3. The number of piperidine rings is 1. The van der Waals surface area contributed by atoms with Crippen LogP contribution in [0.25, 0.3) is 0 Å². The van der Waals surface area contributed by atoms with Crippen LogP contribution < -0.4 is 9.64 Å². The number of hydrogen-bond acceptors (Lipinski definition) is 3. The minimum Gasteiger partial charge on any atom is -0.481 e. The lowest BCUT2D eigenvalue weighted by Gasteiger charge is -2.40. The topological polar surface area (TPSA) is 32.8 Å². The van der Waals surface area contributed by atoms with Gasteiger partial charge in [-0.05, 0) is 76.0 Å². The second-order valence-electron chi connectivity index (χ2n) is 10.1. The lowest BCUT2D eigenvalue weighted by molar-refractivity contribution is -0.124. The van der Waals surface area contributed by atoms with Crippen molar-refractivity contribution in [2.45, 2.75) is 51.7 Å². The monoisotopic (exact) mass is 454 g/mol. The summed E-state index contributed by atoms with van der Waals surface area (Å²) in [6, 6.07) is 25.0. The van der Waals surface area contributed by atoms with E-state index in [1.165, 1.54) is 22.3 Å². The first kappa shape index (κ1) is 22.7. The van der Waals surface area contributed by atoms with Crippen LogP contribution in [-0.2, 0) is 16.8 Å². The highest BCUT2D eigenvalue weighted by molar-refractivity contribution is 5.99. The molecule has 0 N–H and O–H groups in total. The van der Waals surface area contributed by atoms with Crippen LogP contribution in [0.4, 0.5) is 5.69 Å². The quantitative estimate of drug-likeness (QED) is 0.499. The summed E-state index contributed by atoms with van der Waals surface area (Å²) < 4.78 is 6.00. The Balaban J connectivity index is 1.33. The molecular weight excluding hydrogens is 420 g/mol. The molecule has 1 spiro atoms. The fraction of sp³-hybridized carbons (Fsp3) is 0.367. The number of rotatable bonds is 5. The second kappa shape index (κ2) is 9.27. The number of aryl methyl sites for hydroxylation is 2. The highest BCUT2D eigenvalue weighted by Crippen LogP contribution is 2.47. The number of carbonyl (C=O) groups excluding carboxylic acids is 1. The molecule has 1 fully saturated rings. The molecule has 2 heterocycles. The molecule has 1 unspecified atom stereocenters. The van der Waals surface area contributed by atoms with Gasteiger partial charge in [0.2, 0.25) is 0 Å². The summed E-state index contributed by atoms with van der Waals surface area (Å²) >= 11 is 0. The number of hydrogen-bond donors (Lipinski definition) is 0. The van der Waals surface area contributed by atoms with Crippen LogP contribution in [0.15, 0.2) is 72.8 Å². The molecule has 4 heteroatoms. The number of para-hydroxylation sites is 1. The van der Waals surface area contributed by atoms with E-state index in [9.17, 15) is 4.79 Å². The number of carbonyl (C=O) groups is 1. The van der Waals surface area contributed by atoms with Gasteiger partial charge in [0.15, 0.2) is 6.10 Å². The van der Waals surface area contributed by atoms with Crippen LogP contribution >= 0.6 is 0 Å². The van der Waals surface area contributed by atoms with Gasteiger partial charge in [0.25, 0.3) is 5.91 Å². The largest absolute Gasteiger partial charge is 0.481 e. The highest BCUT2D eigenvalue weighted by atomic mass is 16.5. The van der Waals surface area contributed by atoms with E-state index in [4.69, 9.17) is 4.74 Å². The first-order valence-electron chi connectivity index (χ1n) is 12.4. The first-order valence-corrected chi connectivity index (χ1v) is 12.4. The molecule has 3 aromatic carbocycles. The molecule has 1 atom stereocenters. The predicted octanol–water partition coefficient (Wildman–Crippen LogP) is 5.65. The third kappa shape index (κ3) is 4.47. The Morgan fingerprint density at radius 1 is 0.941 bits per heavy atom. The van der Waals surface area contributed by atoms with E-state index in [0.29, 0.717) is 0 Å². The molecule has 0 aliphatic carbocycles. The molecule has 176 valence electrons. The summed E-state index contributed by atoms with van der Waals surface area (Å²) in [6.45, 7) is 9.97. The lowest BCUT2D eigenvalue weighted by Crippen LogP contribution is -2.47. The molecule has 1 amide bonds. The molecule has 0 radical (unpaired) electrons. The maximum atomic E-state index is 13.6. The van der Waals surface area contributed by atoms with Crippen molar-refractivity contribution in [1.29, 1.82) is 0 Å². The molecule has 2 aliphatic rings. The highest BCUT2D eigenvalue weighted by Gasteiger charge is 2.47. The number of benzene rings is 3. The minimum atomic E-state index is -0.534. The summed E-state index contributed by atoms with van der Waals surface area (Å²) in [5, 5.41) is 0. The first-order chi connectivity index (χ1) is 16.4. The normalized spacial score (nSPS) is 18.0. The molecule has 2 aliphatic heterocycles. The van der Waals surface area contributed by atoms with Crippen molar-refractivity contribution in [3.05, 3.63) is 95.1 Å². The van der Waals surface area contributed by atoms with Gasteiger partial charge in [-0.1, -0.05) is 65.7 Å². The van der Waals surface area contributed by atoms with Crippen LogP contribution in [0.2, 0.25) is 0 Å². The molecule has 0 saturated carbocycles. The zero-order chi connectivity index (χ0) is 23.7. The van der Waals surface area contributed by atoms with Gasteiger partial charge in [0.05, 0.1) is 0 Å². The fourth-order valence-electron chi connectivity index (χ4n) is 5.59. The van der Waals surface area contributed by atoms with Gasteiger partial charge in [-0.25, -0.2) is 0 Å². The molecular formula is C30H34N2O2. The van der Waals surface area contributed by atoms with E-state index in [0.717, 1.165) is 50.5 Å². The molecule has 3 aromatic rings. The minimum absolute atomic E-state index is 0.0204. The van der Waals surface area contributed by atoms with Gasteiger partial charge < -0.3 is 9.64 Å². The van der Waals surface area contributed by atoms with Crippen molar-refractivity contribution in [2.75, 3.05) is 24.5 Å². The van der Waals surface area contributed by atoms with E-state index in [1.807, 2.05) is 42.2 Å². The van der Waals surface area contributed by atoms with E-state index in [1.54, 1.807) is 0 Å². The second-order valence-corrected chi connectivity index (χ2v) is 10.1. The zero-order valence-corrected chi connectivity index (χ0v) is 20.5. The van der Waals surface area contributed by atoms with Crippen LogP contribution in [0.5, 0.6) is 5.75 Å². The average Bonchev–Trinajstić information content (AvgIpc) is 3.14. The Morgan fingerprint density at radius 3 is 2.41 bits per heavy atom. The molecule has 0 bridgehead atoms. The summed E-state index contributed by atoms with van der Waals surface area (Å²) in [6.07, 6.45) is 1.59. The Bertz CT molecular complexity index is 1170. The summed E-state index contributed by atoms with van der Waals surface area (Å²) in [5.74, 6) is 0.763. The van der Waals surface area contributed by atoms with Gasteiger partial charge in [-0.15, -0.1) is 0 Å². The van der Waals surface area contributed by atoms with Crippen molar-refractivity contribution in [2.24, 2.45) is 0 Å². The summed E-state index contributed by atoms with van der Waals surface area (Å²) in [5.41, 5.74) is 6.36. The fourth-order valence-corrected chi connectivity index (χ4v) is 5.59. The van der Waals surface area contributed by atoms with Crippen molar-refractivity contribution >= 4 is 11.6 Å². The number of ether oxygens (including phenoxy) is 1. The Kier molecular flexibility index (Phi) is 6.18. The van der Waals surface area contributed by atoms with Gasteiger partial charge in [0, 0.05) is 24.2 Å². The van der Waals surface area contributed by atoms with E-state index in [-0.39, 0.29) is 11.3 Å². The van der Waals surface area contributed by atoms with Gasteiger partial charge in [-0.2, -0.15) is 0 Å². The maximum absolute atomic E-state index is 13.6. The van der Waals surface area contributed by atoms with Crippen molar-refractivity contribution in [3.8, 4) is 5.75 Å². The number of nitrogens with zero attached hydrogens (tertiary/aromatic N) is 2. The lowest BCUT2D eigenvalue weighted by atomic mass is 9.74. The van der Waals surface area contributed by atoms with Crippen molar-refractivity contribution in [3.63, 3.8) is 0 Å². The summed E-state index contributed by atoms with van der Waals surface area (Å²) in [7, 11) is 0. The van der Waals surface area contributed by atoms with Crippen LogP contribution in [0.3, 0.4) is 0 Å². The van der Waals surface area contributed by atoms with Gasteiger partial charge >= 0.3 is 0 Å². The van der Waals surface area contributed by atoms with E-state index < -0.39 is 6.10 Å². The van der Waals surface area contributed by atoms with Gasteiger partial charge in [-0.3, -0.25) is 9.69 Å². The zero-order valence-electron chi connectivity index (χ0n) is 20.5. The average molecular weight is 455 g/mol. The molecule has 5 rings (SSSR count). The third-order valence-electron chi connectivity index (χ3n) is 7.45. The van der Waals surface area contributed by atoms with Crippen LogP contribution in [-0.4, -0.2) is 36.5 Å². The van der Waals surface area contributed by atoms with E-state index >= 15 is 0 Å². The van der Waals surface area contributed by atoms with Crippen molar-refractivity contribution < 1.29 is 9.53 Å². The SMILES string of the molecule is Cc1cccc(CN2CCC3(CC2)CN(C(=O)C(C)Oc2ccccc2)c2ccc(C)cc23)c1.